The summed E-state index contributed by atoms with van der Waals surface area (Å²) in [5.74, 6) is -0.878. The Bertz CT molecular complexity index is 682. The molecule has 0 saturated carbocycles. The number of hydrogen-bond donors (Lipinski definition) is 0. The normalized spacial score (nSPS) is 16.7. The number of carbonyl (C=O) groups excluding carboxylic acids is 2. The van der Waals surface area contributed by atoms with Gasteiger partial charge in [0.2, 0.25) is 0 Å². The summed E-state index contributed by atoms with van der Waals surface area (Å²) in [5.41, 5.74) is -0.969. The number of hydrogen-bond acceptors (Lipinski definition) is 6. The number of alkyl halides is 1. The highest BCUT2D eigenvalue weighted by atomic mass is 35.5. The zero-order valence-electron chi connectivity index (χ0n) is 15.1. The second kappa shape index (κ2) is 8.63. The van der Waals surface area contributed by atoms with Gasteiger partial charge in [0, 0.05) is 5.88 Å². The minimum atomic E-state index is -3.60. The van der Waals surface area contributed by atoms with Crippen LogP contribution in [0.3, 0.4) is 0 Å². The molecule has 1 atom stereocenters. The molecule has 0 bridgehead atoms. The number of halogens is 1. The van der Waals surface area contributed by atoms with Crippen molar-refractivity contribution in [2.24, 2.45) is 0 Å². The summed E-state index contributed by atoms with van der Waals surface area (Å²) in [7, 11) is -3.60. The molecular formula is C17H23ClNO6P. The van der Waals surface area contributed by atoms with E-state index in [1.807, 2.05) is 0 Å². The van der Waals surface area contributed by atoms with Gasteiger partial charge in [-0.1, -0.05) is 12.1 Å². The zero-order valence-corrected chi connectivity index (χ0v) is 16.7. The highest BCUT2D eigenvalue weighted by Gasteiger charge is 2.51. The Morgan fingerprint density at radius 1 is 1.08 bits per heavy atom. The fourth-order valence-electron chi connectivity index (χ4n) is 2.94. The number of imide groups is 1. The minimum absolute atomic E-state index is 0.0592. The van der Waals surface area contributed by atoms with Crippen molar-refractivity contribution in [3.05, 3.63) is 35.4 Å². The lowest BCUT2D eigenvalue weighted by atomic mass is 10.1. The fourth-order valence-corrected chi connectivity index (χ4v) is 5.01. The van der Waals surface area contributed by atoms with Gasteiger partial charge in [-0.15, -0.1) is 11.6 Å². The fraction of sp³-hybridized carbons (Fsp3) is 0.529. The van der Waals surface area contributed by atoms with E-state index in [0.29, 0.717) is 0 Å². The Balaban J connectivity index is 2.42. The number of benzene rings is 1. The largest absolute Gasteiger partial charge is 0.353 e. The van der Waals surface area contributed by atoms with Gasteiger partial charge >= 0.3 is 7.60 Å². The standard InChI is InChI=1S/C17H23ClNO6P/c1-4-24-26(22,25-5-2)12-17(3,23-11-10-18)19-15(20)13-8-6-7-9-14(13)16(19)21/h6-9H,4-5,10-12H2,1-3H3. The number of carbonyl (C=O) groups is 2. The topological polar surface area (TPSA) is 82.1 Å². The van der Waals surface area contributed by atoms with Crippen LogP contribution in [0.5, 0.6) is 0 Å². The van der Waals surface area contributed by atoms with Crippen LogP contribution in [-0.2, 0) is 18.3 Å². The number of rotatable bonds is 10. The molecular weight excluding hydrogens is 381 g/mol. The smallest absolute Gasteiger partial charge is 0.335 e. The first kappa shape index (κ1) is 21.1. The third kappa shape index (κ3) is 4.18. The van der Waals surface area contributed by atoms with Crippen LogP contribution in [0.4, 0.5) is 0 Å². The Labute approximate surface area is 158 Å². The van der Waals surface area contributed by atoms with E-state index >= 15 is 0 Å². The predicted molar refractivity (Wildman–Crippen MR) is 97.7 cm³/mol. The molecule has 1 aliphatic heterocycles. The van der Waals surface area contributed by atoms with Crippen molar-refractivity contribution < 1.29 is 27.9 Å². The van der Waals surface area contributed by atoms with Crippen molar-refractivity contribution in [1.82, 2.24) is 4.90 Å². The van der Waals surface area contributed by atoms with Gasteiger partial charge in [0.15, 0.2) is 5.72 Å². The summed E-state index contributed by atoms with van der Waals surface area (Å²) < 4.78 is 29.4. The predicted octanol–water partition coefficient (Wildman–Crippen LogP) is 3.52. The number of ether oxygens (including phenoxy) is 1. The van der Waals surface area contributed by atoms with Crippen LogP contribution in [0, 0.1) is 0 Å². The summed E-state index contributed by atoms with van der Waals surface area (Å²) in [5, 5.41) is 0. The summed E-state index contributed by atoms with van der Waals surface area (Å²) in [6.45, 7) is 5.26. The summed E-state index contributed by atoms with van der Waals surface area (Å²) in [6, 6.07) is 6.50. The molecule has 0 aromatic heterocycles. The van der Waals surface area contributed by atoms with Gasteiger partial charge in [-0.3, -0.25) is 14.2 Å². The van der Waals surface area contributed by atoms with Crippen molar-refractivity contribution in [2.75, 3.05) is 31.9 Å². The van der Waals surface area contributed by atoms with Crippen molar-refractivity contribution in [1.29, 1.82) is 0 Å². The molecule has 1 aromatic rings. The van der Waals surface area contributed by atoms with Crippen LogP contribution in [-0.4, -0.2) is 54.3 Å². The average Bonchev–Trinajstić information content (AvgIpc) is 2.85. The maximum Gasteiger partial charge on any atom is 0.335 e. The van der Waals surface area contributed by atoms with E-state index in [2.05, 4.69) is 0 Å². The lowest BCUT2D eigenvalue weighted by Gasteiger charge is -2.38. The molecule has 0 fully saturated rings. The monoisotopic (exact) mass is 403 g/mol. The molecule has 1 heterocycles. The molecule has 7 nitrogen and oxygen atoms in total. The lowest BCUT2D eigenvalue weighted by Crippen LogP contribution is -2.54. The molecule has 1 unspecified atom stereocenters. The third-order valence-corrected chi connectivity index (χ3v) is 6.33. The number of nitrogens with zero attached hydrogens (tertiary/aromatic N) is 1. The number of fused-ring (bicyclic) bond motifs is 1. The molecule has 26 heavy (non-hydrogen) atoms. The van der Waals surface area contributed by atoms with Crippen molar-refractivity contribution >= 4 is 31.0 Å². The molecule has 2 rings (SSSR count). The zero-order chi connectivity index (χ0) is 19.4. The molecule has 1 aliphatic rings. The van der Waals surface area contributed by atoms with Crippen molar-refractivity contribution in [2.45, 2.75) is 26.5 Å². The average molecular weight is 404 g/mol. The van der Waals surface area contributed by atoms with Gasteiger partial charge in [-0.05, 0) is 32.9 Å². The third-order valence-electron chi connectivity index (χ3n) is 3.90. The molecule has 9 heteroatoms. The molecule has 0 N–H and O–H groups in total. The van der Waals surface area contributed by atoms with Crippen LogP contribution in [0.1, 0.15) is 41.5 Å². The van der Waals surface area contributed by atoms with Gasteiger partial charge in [-0.25, -0.2) is 4.90 Å². The van der Waals surface area contributed by atoms with Crippen LogP contribution in [0.15, 0.2) is 24.3 Å². The first-order valence-electron chi connectivity index (χ1n) is 8.38. The molecule has 0 aliphatic carbocycles. The number of amides is 2. The molecule has 0 saturated heterocycles. The molecule has 0 spiro atoms. The molecule has 144 valence electrons. The van der Waals surface area contributed by atoms with E-state index in [-0.39, 0.29) is 43.0 Å². The first-order chi connectivity index (χ1) is 12.3. The van der Waals surface area contributed by atoms with E-state index in [0.717, 1.165) is 4.90 Å². The minimum Gasteiger partial charge on any atom is -0.353 e. The maximum atomic E-state index is 13.0. The highest BCUT2D eigenvalue weighted by molar-refractivity contribution is 7.53. The molecule has 2 amide bonds. The first-order valence-corrected chi connectivity index (χ1v) is 10.6. The van der Waals surface area contributed by atoms with Crippen LogP contribution in [0.25, 0.3) is 0 Å². The van der Waals surface area contributed by atoms with Gasteiger partial charge in [0.1, 0.15) is 0 Å². The lowest BCUT2D eigenvalue weighted by molar-refractivity contribution is -0.0906. The Morgan fingerprint density at radius 2 is 1.58 bits per heavy atom. The van der Waals surface area contributed by atoms with E-state index in [9.17, 15) is 14.2 Å². The second-order valence-electron chi connectivity index (χ2n) is 5.81. The van der Waals surface area contributed by atoms with E-state index in [1.54, 1.807) is 38.1 Å². The van der Waals surface area contributed by atoms with E-state index < -0.39 is 25.1 Å². The maximum absolute atomic E-state index is 13.0. The molecule has 0 radical (unpaired) electrons. The quantitative estimate of drug-likeness (QED) is 0.338. The van der Waals surface area contributed by atoms with E-state index in [1.165, 1.54) is 6.92 Å². The second-order valence-corrected chi connectivity index (χ2v) is 8.24. The Kier molecular flexibility index (Phi) is 6.99. The Morgan fingerprint density at radius 3 is 2.00 bits per heavy atom. The van der Waals surface area contributed by atoms with Crippen molar-refractivity contribution in [3.8, 4) is 0 Å². The Hall–Kier alpha value is -1.24. The van der Waals surface area contributed by atoms with E-state index in [4.69, 9.17) is 25.4 Å². The van der Waals surface area contributed by atoms with Crippen LogP contribution < -0.4 is 0 Å². The summed E-state index contributed by atoms with van der Waals surface area (Å²) >= 11 is 5.72. The van der Waals surface area contributed by atoms with Gasteiger partial charge < -0.3 is 13.8 Å². The summed E-state index contributed by atoms with van der Waals surface area (Å²) in [4.78, 5) is 26.7. The summed E-state index contributed by atoms with van der Waals surface area (Å²) in [6.07, 6.45) is -0.288. The van der Waals surface area contributed by atoms with Crippen molar-refractivity contribution in [3.63, 3.8) is 0 Å². The van der Waals surface area contributed by atoms with Crippen LogP contribution in [0.2, 0.25) is 0 Å². The highest BCUT2D eigenvalue weighted by Crippen LogP contribution is 2.52. The van der Waals surface area contributed by atoms with Gasteiger partial charge in [0.25, 0.3) is 11.8 Å². The van der Waals surface area contributed by atoms with Crippen LogP contribution >= 0.6 is 19.2 Å². The van der Waals surface area contributed by atoms with Gasteiger partial charge in [0.05, 0.1) is 37.1 Å². The molecule has 1 aromatic carbocycles. The SMILES string of the molecule is CCOP(=O)(CC(C)(OCCCl)N1C(=O)c2ccccc2C1=O)OCC. The van der Waals surface area contributed by atoms with Gasteiger partial charge in [-0.2, -0.15) is 0 Å².